The summed E-state index contributed by atoms with van der Waals surface area (Å²) in [5, 5.41) is 0. The monoisotopic (exact) mass is 776 g/mol. The van der Waals surface area contributed by atoms with Gasteiger partial charge in [-0.1, -0.05) is 88.1 Å². The Balaban J connectivity index is 0.968. The first-order valence-electron chi connectivity index (χ1n) is 22.0. The van der Waals surface area contributed by atoms with E-state index in [1.807, 2.05) is 0 Å². The average Bonchev–Trinajstić information content (AvgIpc) is 3.81. The molecular formula is C55H56N2O2. The second kappa shape index (κ2) is 13.0. The van der Waals surface area contributed by atoms with Crippen LogP contribution in [0.1, 0.15) is 101 Å². The van der Waals surface area contributed by atoms with Crippen LogP contribution in [0.3, 0.4) is 0 Å². The molecule has 3 aliphatic carbocycles. The van der Waals surface area contributed by atoms with Crippen molar-refractivity contribution in [1.82, 2.24) is 0 Å². The lowest BCUT2D eigenvalue weighted by Gasteiger charge is -2.50. The van der Waals surface area contributed by atoms with Crippen molar-refractivity contribution >= 4 is 22.7 Å². The molecule has 0 bridgehead atoms. The molecule has 0 radical (unpaired) electrons. The third-order valence-electron chi connectivity index (χ3n) is 16.4. The van der Waals surface area contributed by atoms with Gasteiger partial charge in [-0.15, -0.1) is 0 Å². The van der Waals surface area contributed by atoms with Crippen LogP contribution < -0.4 is 19.3 Å². The van der Waals surface area contributed by atoms with E-state index in [0.717, 1.165) is 17.9 Å². The number of hydrogen-bond acceptors (Lipinski definition) is 4. The molecule has 5 aliphatic rings. The highest BCUT2D eigenvalue weighted by Crippen LogP contribution is 2.63. The van der Waals surface area contributed by atoms with E-state index in [1.54, 1.807) is 14.2 Å². The van der Waals surface area contributed by atoms with Crippen LogP contribution in [0.25, 0.3) is 33.4 Å². The summed E-state index contributed by atoms with van der Waals surface area (Å²) in [6, 6.07) is 46.4. The lowest BCUT2D eigenvalue weighted by Crippen LogP contribution is -2.54. The van der Waals surface area contributed by atoms with E-state index in [1.165, 1.54) is 130 Å². The second-order valence-electron chi connectivity index (χ2n) is 19.1. The molecule has 11 rings (SSSR count). The molecule has 0 spiro atoms. The molecule has 4 atom stereocenters. The van der Waals surface area contributed by atoms with Gasteiger partial charge in [0.1, 0.15) is 11.5 Å². The number of ether oxygens (including phenoxy) is 2. The lowest BCUT2D eigenvalue weighted by atomic mass is 9.61. The molecule has 298 valence electrons. The first-order valence-corrected chi connectivity index (χ1v) is 22.0. The molecule has 2 saturated carbocycles. The number of hydrogen-bond donors (Lipinski definition) is 0. The smallest absolute Gasteiger partial charge is 0.120 e. The molecule has 0 saturated heterocycles. The first kappa shape index (κ1) is 36.6. The quantitative estimate of drug-likeness (QED) is 0.168. The van der Waals surface area contributed by atoms with Crippen molar-refractivity contribution in [3.05, 3.63) is 144 Å². The molecule has 0 aromatic heterocycles. The van der Waals surface area contributed by atoms with Crippen molar-refractivity contribution in [1.29, 1.82) is 0 Å². The predicted molar refractivity (Wildman–Crippen MR) is 244 cm³/mol. The summed E-state index contributed by atoms with van der Waals surface area (Å²) in [6.07, 6.45) is 10.8. The van der Waals surface area contributed by atoms with E-state index >= 15 is 0 Å². The van der Waals surface area contributed by atoms with Gasteiger partial charge in [0.25, 0.3) is 0 Å². The van der Waals surface area contributed by atoms with Crippen LogP contribution in [0.2, 0.25) is 0 Å². The zero-order chi connectivity index (χ0) is 40.3. The van der Waals surface area contributed by atoms with Crippen molar-refractivity contribution in [3.63, 3.8) is 0 Å². The zero-order valence-corrected chi connectivity index (χ0v) is 35.6. The number of fused-ring (bicyclic) bond motifs is 9. The largest absolute Gasteiger partial charge is 0.497 e. The van der Waals surface area contributed by atoms with Gasteiger partial charge in [-0.2, -0.15) is 0 Å². The van der Waals surface area contributed by atoms with Crippen LogP contribution >= 0.6 is 0 Å². The SMILES string of the molecule is COc1cccc(N2c3ccc(-c4ccc5c(c4)-c4cc(-c6ccc7c(c6)C6(C)CCCCC6(C)N7c6cccc(OC)c6)ccc4C5)cc3C3(C)CCCCC23C)c1. The fourth-order valence-corrected chi connectivity index (χ4v) is 12.7. The van der Waals surface area contributed by atoms with Crippen molar-refractivity contribution in [2.45, 2.75) is 107 Å². The van der Waals surface area contributed by atoms with Gasteiger partial charge in [0.15, 0.2) is 0 Å². The van der Waals surface area contributed by atoms with Crippen LogP contribution in [0, 0.1) is 0 Å². The molecule has 6 aromatic carbocycles. The Kier molecular flexibility index (Phi) is 8.07. The number of nitrogens with zero attached hydrogens (tertiary/aromatic N) is 2. The molecule has 2 fully saturated rings. The number of methoxy groups -OCH3 is 2. The fraction of sp³-hybridized carbons (Fsp3) is 0.345. The van der Waals surface area contributed by atoms with E-state index in [4.69, 9.17) is 9.47 Å². The highest BCUT2D eigenvalue weighted by atomic mass is 16.5. The normalized spacial score (nSPS) is 26.1. The van der Waals surface area contributed by atoms with Gasteiger partial charge < -0.3 is 19.3 Å². The van der Waals surface area contributed by atoms with Gasteiger partial charge in [-0.3, -0.25) is 0 Å². The Bertz CT molecular complexity index is 2500. The van der Waals surface area contributed by atoms with Crippen LogP contribution in [0.5, 0.6) is 11.5 Å². The number of rotatable bonds is 6. The number of anilines is 4. The summed E-state index contributed by atoms with van der Waals surface area (Å²) in [7, 11) is 3.53. The average molecular weight is 777 g/mol. The maximum Gasteiger partial charge on any atom is 0.120 e. The maximum atomic E-state index is 5.71. The molecule has 4 heteroatoms. The third-order valence-corrected chi connectivity index (χ3v) is 16.4. The molecule has 2 heterocycles. The second-order valence-corrected chi connectivity index (χ2v) is 19.1. The third kappa shape index (κ3) is 5.08. The van der Waals surface area contributed by atoms with Crippen LogP contribution in [0.15, 0.2) is 121 Å². The molecule has 4 nitrogen and oxygen atoms in total. The van der Waals surface area contributed by atoms with Gasteiger partial charge in [0.05, 0.1) is 25.3 Å². The molecule has 4 unspecified atom stereocenters. The molecule has 0 N–H and O–H groups in total. The summed E-state index contributed by atoms with van der Waals surface area (Å²) < 4.78 is 11.4. The fourth-order valence-electron chi connectivity index (χ4n) is 12.7. The van der Waals surface area contributed by atoms with Crippen LogP contribution in [-0.4, -0.2) is 25.3 Å². The molecule has 2 aliphatic heterocycles. The van der Waals surface area contributed by atoms with Crippen LogP contribution in [0.4, 0.5) is 22.7 Å². The summed E-state index contributed by atoms with van der Waals surface area (Å²) in [5.41, 5.74) is 19.0. The van der Waals surface area contributed by atoms with Gasteiger partial charge in [0.2, 0.25) is 0 Å². The topological polar surface area (TPSA) is 24.9 Å². The Morgan fingerprint density at radius 3 is 1.29 bits per heavy atom. The maximum absolute atomic E-state index is 5.71. The predicted octanol–water partition coefficient (Wildman–Crippen LogP) is 14.1. The molecule has 59 heavy (non-hydrogen) atoms. The molecular weight excluding hydrogens is 721 g/mol. The summed E-state index contributed by atoms with van der Waals surface area (Å²) in [5.74, 6) is 1.81. The summed E-state index contributed by atoms with van der Waals surface area (Å²) in [4.78, 5) is 5.28. The lowest BCUT2D eigenvalue weighted by molar-refractivity contribution is 0.195. The minimum atomic E-state index is -0.0101. The van der Waals surface area contributed by atoms with E-state index in [2.05, 4.69) is 159 Å². The summed E-state index contributed by atoms with van der Waals surface area (Å²) in [6.45, 7) is 10.1. The van der Waals surface area contributed by atoms with E-state index in [0.29, 0.717) is 0 Å². The minimum Gasteiger partial charge on any atom is -0.497 e. The van der Waals surface area contributed by atoms with Crippen molar-refractivity contribution in [3.8, 4) is 44.9 Å². The van der Waals surface area contributed by atoms with E-state index in [-0.39, 0.29) is 21.9 Å². The van der Waals surface area contributed by atoms with E-state index < -0.39 is 0 Å². The van der Waals surface area contributed by atoms with Crippen molar-refractivity contribution in [2.75, 3.05) is 24.0 Å². The Morgan fingerprint density at radius 2 is 0.847 bits per heavy atom. The van der Waals surface area contributed by atoms with Crippen LogP contribution in [-0.2, 0) is 17.3 Å². The van der Waals surface area contributed by atoms with E-state index in [9.17, 15) is 0 Å². The minimum absolute atomic E-state index is 0.0101. The molecule has 0 amide bonds. The van der Waals surface area contributed by atoms with Gasteiger partial charge in [-0.25, -0.2) is 0 Å². The number of benzene rings is 6. The first-order chi connectivity index (χ1) is 28.6. The van der Waals surface area contributed by atoms with Gasteiger partial charge in [-0.05, 0) is 162 Å². The highest BCUT2D eigenvalue weighted by molar-refractivity contribution is 5.88. The highest BCUT2D eigenvalue weighted by Gasteiger charge is 2.59. The van der Waals surface area contributed by atoms with Crippen molar-refractivity contribution < 1.29 is 9.47 Å². The summed E-state index contributed by atoms with van der Waals surface area (Å²) >= 11 is 0. The Labute approximate surface area is 350 Å². The Hall–Kier alpha value is -5.48. The van der Waals surface area contributed by atoms with Crippen molar-refractivity contribution in [2.24, 2.45) is 0 Å². The Morgan fingerprint density at radius 1 is 0.441 bits per heavy atom. The van der Waals surface area contributed by atoms with Gasteiger partial charge >= 0.3 is 0 Å². The van der Waals surface area contributed by atoms with Gasteiger partial charge in [0, 0.05) is 45.7 Å². The zero-order valence-electron chi connectivity index (χ0n) is 35.6. The standard InChI is InChI=1S/C55H56N2O2/c1-52-25-7-9-27-54(52,3)56(42-13-11-15-44(34-42)58-5)50-23-21-38(32-48(50)52)36-17-19-40-29-41-20-18-37(31-47(41)46(40)30-36)39-22-24-51-49(33-39)53(2)26-8-10-28-55(53,4)57(51)43-14-12-16-45(35-43)59-6/h11-24,30-35H,7-10,25-29H2,1-6H3. The molecule has 6 aromatic rings.